The summed E-state index contributed by atoms with van der Waals surface area (Å²) in [6.45, 7) is 7.32. The van der Waals surface area contributed by atoms with Crippen molar-refractivity contribution in [1.82, 2.24) is 10.2 Å². The molecule has 1 aromatic heterocycles. The Morgan fingerprint density at radius 3 is 2.73 bits per heavy atom. The molecule has 1 aliphatic rings. The monoisotopic (exact) mass is 209 g/mol. The zero-order chi connectivity index (χ0) is 10.7. The Morgan fingerprint density at radius 2 is 2.13 bits per heavy atom. The Bertz CT molecular complexity index is 305. The van der Waals surface area contributed by atoms with Crippen molar-refractivity contribution in [2.24, 2.45) is 0 Å². The summed E-state index contributed by atoms with van der Waals surface area (Å²) in [6.07, 6.45) is 0. The molecule has 2 heterocycles. The van der Waals surface area contributed by atoms with Gasteiger partial charge in [0, 0.05) is 39.3 Å². The first-order valence-corrected chi connectivity index (χ1v) is 5.46. The molecule has 4 nitrogen and oxygen atoms in total. The Balaban J connectivity index is 1.88. The number of hydrogen-bond donors (Lipinski definition) is 1. The summed E-state index contributed by atoms with van der Waals surface area (Å²) in [5.41, 5.74) is 0. The summed E-state index contributed by atoms with van der Waals surface area (Å²) >= 11 is 0. The van der Waals surface area contributed by atoms with Crippen molar-refractivity contribution in [2.45, 2.75) is 6.92 Å². The molecule has 1 fully saturated rings. The lowest BCUT2D eigenvalue weighted by atomic mass is 10.4. The normalized spacial score (nSPS) is 18.0. The van der Waals surface area contributed by atoms with Gasteiger partial charge in [-0.25, -0.2) is 0 Å². The molecular weight excluding hydrogens is 190 g/mol. The van der Waals surface area contributed by atoms with Crippen molar-refractivity contribution >= 4 is 5.88 Å². The van der Waals surface area contributed by atoms with Gasteiger partial charge < -0.3 is 14.6 Å². The third kappa shape index (κ3) is 2.73. The Labute approximate surface area is 90.8 Å². The van der Waals surface area contributed by atoms with E-state index in [-0.39, 0.29) is 0 Å². The average molecular weight is 209 g/mol. The fraction of sp³-hybridized carbons (Fsp3) is 0.636. The van der Waals surface area contributed by atoms with Crippen molar-refractivity contribution in [3.05, 3.63) is 17.9 Å². The predicted molar refractivity (Wildman–Crippen MR) is 61.2 cm³/mol. The molecule has 1 aliphatic heterocycles. The van der Waals surface area contributed by atoms with Gasteiger partial charge >= 0.3 is 0 Å². The highest BCUT2D eigenvalue weighted by Crippen LogP contribution is 2.16. The molecule has 0 aliphatic carbocycles. The van der Waals surface area contributed by atoms with Crippen LogP contribution >= 0.6 is 0 Å². The van der Waals surface area contributed by atoms with Gasteiger partial charge in [0.25, 0.3) is 0 Å². The van der Waals surface area contributed by atoms with Crippen LogP contribution in [0.2, 0.25) is 0 Å². The van der Waals surface area contributed by atoms with Crippen LogP contribution in [0.25, 0.3) is 0 Å². The van der Waals surface area contributed by atoms with E-state index < -0.39 is 0 Å². The van der Waals surface area contributed by atoms with E-state index in [0.29, 0.717) is 0 Å². The van der Waals surface area contributed by atoms with Crippen LogP contribution in [0.4, 0.5) is 5.88 Å². The number of aryl methyl sites for hydroxylation is 1. The Morgan fingerprint density at radius 1 is 1.40 bits per heavy atom. The van der Waals surface area contributed by atoms with Gasteiger partial charge in [-0.15, -0.1) is 0 Å². The number of piperazine rings is 1. The molecule has 1 N–H and O–H groups in total. The SMILES string of the molecule is Cc1ccc(N(C)CN2CCNCC2)o1. The Kier molecular flexibility index (Phi) is 3.28. The lowest BCUT2D eigenvalue weighted by molar-refractivity contribution is 0.240. The lowest BCUT2D eigenvalue weighted by Gasteiger charge is -2.31. The second-order valence-corrected chi connectivity index (χ2v) is 4.09. The fourth-order valence-electron chi connectivity index (χ4n) is 1.85. The number of nitrogens with zero attached hydrogens (tertiary/aromatic N) is 2. The zero-order valence-electron chi connectivity index (χ0n) is 9.49. The highest BCUT2D eigenvalue weighted by Gasteiger charge is 2.13. The first-order chi connectivity index (χ1) is 7.25. The summed E-state index contributed by atoms with van der Waals surface area (Å²) < 4.78 is 5.57. The van der Waals surface area contributed by atoms with Crippen LogP contribution in [0.1, 0.15) is 5.76 Å². The topological polar surface area (TPSA) is 31.6 Å². The molecule has 4 heteroatoms. The summed E-state index contributed by atoms with van der Waals surface area (Å²) in [5, 5.41) is 3.35. The van der Waals surface area contributed by atoms with Crippen LogP contribution in [-0.4, -0.2) is 44.8 Å². The molecule has 0 spiro atoms. The van der Waals surface area contributed by atoms with E-state index in [0.717, 1.165) is 44.5 Å². The van der Waals surface area contributed by atoms with Crippen LogP contribution in [0.5, 0.6) is 0 Å². The van der Waals surface area contributed by atoms with Crippen molar-refractivity contribution in [1.29, 1.82) is 0 Å². The molecule has 0 amide bonds. The second kappa shape index (κ2) is 4.68. The van der Waals surface area contributed by atoms with Crippen LogP contribution in [-0.2, 0) is 0 Å². The molecule has 0 saturated carbocycles. The molecule has 0 aromatic carbocycles. The number of furan rings is 1. The van der Waals surface area contributed by atoms with Gasteiger partial charge in [-0.1, -0.05) is 0 Å². The lowest BCUT2D eigenvalue weighted by Crippen LogP contribution is -2.47. The van der Waals surface area contributed by atoms with Gasteiger partial charge in [-0.05, 0) is 13.0 Å². The average Bonchev–Trinajstić information content (AvgIpc) is 2.66. The molecule has 0 radical (unpaired) electrons. The van der Waals surface area contributed by atoms with Crippen LogP contribution in [0.15, 0.2) is 16.5 Å². The predicted octanol–water partition coefficient (Wildman–Crippen LogP) is 0.887. The quantitative estimate of drug-likeness (QED) is 0.801. The van der Waals surface area contributed by atoms with Crippen molar-refractivity contribution in [3.8, 4) is 0 Å². The number of hydrogen-bond acceptors (Lipinski definition) is 4. The van der Waals surface area contributed by atoms with E-state index in [1.54, 1.807) is 0 Å². The zero-order valence-corrected chi connectivity index (χ0v) is 9.49. The summed E-state index contributed by atoms with van der Waals surface area (Å²) in [7, 11) is 2.07. The van der Waals surface area contributed by atoms with Gasteiger partial charge in [-0.3, -0.25) is 4.90 Å². The van der Waals surface area contributed by atoms with Gasteiger partial charge in [0.15, 0.2) is 5.88 Å². The molecule has 15 heavy (non-hydrogen) atoms. The molecule has 2 rings (SSSR count). The maximum absolute atomic E-state index is 5.57. The maximum Gasteiger partial charge on any atom is 0.196 e. The summed E-state index contributed by atoms with van der Waals surface area (Å²) in [6, 6.07) is 4.03. The molecule has 0 bridgehead atoms. The molecule has 0 unspecified atom stereocenters. The van der Waals surface area contributed by atoms with E-state index in [4.69, 9.17) is 4.42 Å². The molecule has 84 valence electrons. The van der Waals surface area contributed by atoms with E-state index in [2.05, 4.69) is 22.2 Å². The maximum atomic E-state index is 5.57. The highest BCUT2D eigenvalue weighted by molar-refractivity contribution is 5.34. The van der Waals surface area contributed by atoms with E-state index in [9.17, 15) is 0 Å². The number of rotatable bonds is 3. The van der Waals surface area contributed by atoms with E-state index in [1.165, 1.54) is 0 Å². The van der Waals surface area contributed by atoms with Crippen molar-refractivity contribution in [3.63, 3.8) is 0 Å². The minimum Gasteiger partial charge on any atom is -0.446 e. The van der Waals surface area contributed by atoms with Crippen molar-refractivity contribution in [2.75, 3.05) is 44.8 Å². The molecule has 1 aromatic rings. The number of nitrogens with one attached hydrogen (secondary N) is 1. The minimum absolute atomic E-state index is 0.939. The molecule has 0 atom stereocenters. The highest BCUT2D eigenvalue weighted by atomic mass is 16.4. The van der Waals surface area contributed by atoms with Crippen LogP contribution < -0.4 is 10.2 Å². The third-order valence-corrected chi connectivity index (χ3v) is 2.72. The van der Waals surface area contributed by atoms with Crippen LogP contribution in [0.3, 0.4) is 0 Å². The smallest absolute Gasteiger partial charge is 0.196 e. The van der Waals surface area contributed by atoms with Gasteiger partial charge in [0.1, 0.15) is 5.76 Å². The number of anilines is 1. The summed E-state index contributed by atoms with van der Waals surface area (Å²) in [5.74, 6) is 1.92. The minimum atomic E-state index is 0.939. The van der Waals surface area contributed by atoms with E-state index >= 15 is 0 Å². The van der Waals surface area contributed by atoms with Crippen LogP contribution in [0, 0.1) is 6.92 Å². The van der Waals surface area contributed by atoms with E-state index in [1.807, 2.05) is 19.1 Å². The first kappa shape index (κ1) is 10.5. The first-order valence-electron chi connectivity index (χ1n) is 5.46. The van der Waals surface area contributed by atoms with Gasteiger partial charge in [-0.2, -0.15) is 0 Å². The second-order valence-electron chi connectivity index (χ2n) is 4.09. The fourth-order valence-corrected chi connectivity index (χ4v) is 1.85. The van der Waals surface area contributed by atoms with Gasteiger partial charge in [0.2, 0.25) is 0 Å². The molecular formula is C11H19N3O. The van der Waals surface area contributed by atoms with Gasteiger partial charge in [0.05, 0.1) is 6.67 Å². The standard InChI is InChI=1S/C11H19N3O/c1-10-3-4-11(15-10)13(2)9-14-7-5-12-6-8-14/h3-4,12H,5-9H2,1-2H3. The summed E-state index contributed by atoms with van der Waals surface area (Å²) in [4.78, 5) is 4.58. The largest absolute Gasteiger partial charge is 0.446 e. The third-order valence-electron chi connectivity index (χ3n) is 2.72. The Hall–Kier alpha value is -1.00. The van der Waals surface area contributed by atoms with Crippen molar-refractivity contribution < 1.29 is 4.42 Å². The molecule has 1 saturated heterocycles.